The van der Waals surface area contributed by atoms with Crippen LogP contribution in [0, 0.1) is 0 Å². The third kappa shape index (κ3) is 2.62. The highest BCUT2D eigenvalue weighted by atomic mass is 79.9. The number of anilines is 1. The summed E-state index contributed by atoms with van der Waals surface area (Å²) in [4.78, 5) is 4.40. The van der Waals surface area contributed by atoms with Crippen LogP contribution in [0.5, 0.6) is 5.75 Å². The van der Waals surface area contributed by atoms with Gasteiger partial charge in [0.05, 0.1) is 12.7 Å². The molecule has 1 aromatic heterocycles. The van der Waals surface area contributed by atoms with Gasteiger partial charge in [0.15, 0.2) is 0 Å². The Kier molecular flexibility index (Phi) is 3.62. The number of benzene rings is 2. The number of methoxy groups -OCH3 is 1. The molecule has 3 aromatic rings. The second-order valence-corrected chi connectivity index (χ2v) is 5.21. The molecule has 21 heavy (non-hydrogen) atoms. The van der Waals surface area contributed by atoms with Crippen molar-refractivity contribution < 1.29 is 9.26 Å². The minimum Gasteiger partial charge on any atom is -0.497 e. The molecule has 1 heterocycles. The average molecular weight is 346 g/mol. The molecule has 6 heteroatoms. The molecular weight excluding hydrogens is 334 g/mol. The molecule has 0 spiro atoms. The van der Waals surface area contributed by atoms with E-state index in [4.69, 9.17) is 15.0 Å². The molecule has 2 aromatic carbocycles. The third-order valence-electron chi connectivity index (χ3n) is 3.03. The van der Waals surface area contributed by atoms with Crippen molar-refractivity contribution in [1.29, 1.82) is 0 Å². The van der Waals surface area contributed by atoms with Gasteiger partial charge >= 0.3 is 0 Å². The largest absolute Gasteiger partial charge is 0.497 e. The van der Waals surface area contributed by atoms with Crippen molar-refractivity contribution in [3.63, 3.8) is 0 Å². The number of aromatic nitrogens is 2. The Hall–Kier alpha value is -2.34. The monoisotopic (exact) mass is 345 g/mol. The molecular formula is C15H12BrN3O2. The van der Waals surface area contributed by atoms with Crippen molar-refractivity contribution in [2.24, 2.45) is 0 Å². The van der Waals surface area contributed by atoms with Gasteiger partial charge in [-0.15, -0.1) is 0 Å². The zero-order valence-corrected chi connectivity index (χ0v) is 12.8. The minimum atomic E-state index is 0.402. The molecule has 5 nitrogen and oxygen atoms in total. The Bertz CT molecular complexity index is 786. The third-order valence-corrected chi connectivity index (χ3v) is 3.72. The summed E-state index contributed by atoms with van der Waals surface area (Å²) in [5, 5.41) is 3.99. The van der Waals surface area contributed by atoms with Crippen LogP contribution in [0.15, 0.2) is 51.5 Å². The maximum atomic E-state index is 5.93. The summed E-state index contributed by atoms with van der Waals surface area (Å²) in [6.45, 7) is 0. The van der Waals surface area contributed by atoms with E-state index in [2.05, 4.69) is 26.1 Å². The first-order chi connectivity index (χ1) is 10.2. The molecule has 0 amide bonds. The molecule has 0 aliphatic heterocycles. The van der Waals surface area contributed by atoms with E-state index < -0.39 is 0 Å². The highest BCUT2D eigenvalue weighted by molar-refractivity contribution is 9.10. The van der Waals surface area contributed by atoms with Gasteiger partial charge in [0.1, 0.15) is 5.75 Å². The van der Waals surface area contributed by atoms with Gasteiger partial charge < -0.3 is 15.0 Å². The van der Waals surface area contributed by atoms with Crippen LogP contribution >= 0.6 is 15.9 Å². The highest BCUT2D eigenvalue weighted by Crippen LogP contribution is 2.32. The average Bonchev–Trinajstić information content (AvgIpc) is 2.97. The van der Waals surface area contributed by atoms with Crippen molar-refractivity contribution in [3.8, 4) is 28.6 Å². The molecule has 106 valence electrons. The van der Waals surface area contributed by atoms with Crippen molar-refractivity contribution in [2.45, 2.75) is 0 Å². The lowest BCUT2D eigenvalue weighted by molar-refractivity contribution is 0.413. The molecule has 0 radical (unpaired) electrons. The Labute approximate surface area is 129 Å². The summed E-state index contributed by atoms with van der Waals surface area (Å²) in [5.41, 5.74) is 8.04. The maximum absolute atomic E-state index is 5.93. The lowest BCUT2D eigenvalue weighted by atomic mass is 10.1. The van der Waals surface area contributed by atoms with Gasteiger partial charge in [-0.3, -0.25) is 0 Å². The van der Waals surface area contributed by atoms with E-state index >= 15 is 0 Å². The predicted molar refractivity (Wildman–Crippen MR) is 83.8 cm³/mol. The van der Waals surface area contributed by atoms with Crippen LogP contribution in [0.4, 0.5) is 5.69 Å². The molecule has 0 aliphatic carbocycles. The molecule has 0 bridgehead atoms. The van der Waals surface area contributed by atoms with Crippen molar-refractivity contribution in [1.82, 2.24) is 10.1 Å². The van der Waals surface area contributed by atoms with Gasteiger partial charge in [0.25, 0.3) is 5.89 Å². The van der Waals surface area contributed by atoms with Gasteiger partial charge in [-0.25, -0.2) is 0 Å². The van der Waals surface area contributed by atoms with Crippen LogP contribution in [-0.2, 0) is 0 Å². The standard InChI is InChI=1S/C15H12BrN3O2/c1-20-9-6-7-12(16)11(8-9)15-18-14(19-21-15)10-4-2-3-5-13(10)17/h2-8H,17H2,1H3. The zero-order valence-electron chi connectivity index (χ0n) is 11.2. The topological polar surface area (TPSA) is 74.2 Å². The highest BCUT2D eigenvalue weighted by Gasteiger charge is 2.15. The molecule has 0 saturated heterocycles. The number of halogens is 1. The zero-order chi connectivity index (χ0) is 14.8. The van der Waals surface area contributed by atoms with Gasteiger partial charge in [-0.1, -0.05) is 17.3 Å². The van der Waals surface area contributed by atoms with E-state index in [0.29, 0.717) is 23.2 Å². The van der Waals surface area contributed by atoms with E-state index in [1.165, 1.54) is 0 Å². The maximum Gasteiger partial charge on any atom is 0.259 e. The number of para-hydroxylation sites is 1. The number of nitrogens with zero attached hydrogens (tertiary/aromatic N) is 2. The molecule has 3 rings (SSSR count). The molecule has 0 unspecified atom stereocenters. The van der Waals surface area contributed by atoms with E-state index in [1.54, 1.807) is 13.2 Å². The van der Waals surface area contributed by atoms with Gasteiger partial charge in [-0.05, 0) is 46.3 Å². The van der Waals surface area contributed by atoms with Crippen LogP contribution in [0.3, 0.4) is 0 Å². The van der Waals surface area contributed by atoms with Crippen molar-refractivity contribution >= 4 is 21.6 Å². The second-order valence-electron chi connectivity index (χ2n) is 4.36. The van der Waals surface area contributed by atoms with E-state index in [0.717, 1.165) is 15.6 Å². The van der Waals surface area contributed by atoms with Crippen LogP contribution in [-0.4, -0.2) is 17.3 Å². The second kappa shape index (κ2) is 5.57. The molecule has 2 N–H and O–H groups in total. The lowest BCUT2D eigenvalue weighted by Gasteiger charge is -2.03. The van der Waals surface area contributed by atoms with Gasteiger partial charge in [-0.2, -0.15) is 4.98 Å². The molecule has 0 aliphatic rings. The predicted octanol–water partition coefficient (Wildman–Crippen LogP) is 3.76. The lowest BCUT2D eigenvalue weighted by Crippen LogP contribution is -1.90. The summed E-state index contributed by atoms with van der Waals surface area (Å²) in [7, 11) is 1.61. The smallest absolute Gasteiger partial charge is 0.259 e. The summed E-state index contributed by atoms with van der Waals surface area (Å²) in [6.07, 6.45) is 0. The van der Waals surface area contributed by atoms with Gasteiger partial charge in [0.2, 0.25) is 5.82 Å². The Morgan fingerprint density at radius 3 is 2.71 bits per heavy atom. The Balaban J connectivity index is 2.05. The number of rotatable bonds is 3. The van der Waals surface area contributed by atoms with Crippen LogP contribution in [0.1, 0.15) is 0 Å². The fourth-order valence-corrected chi connectivity index (χ4v) is 2.35. The normalized spacial score (nSPS) is 10.6. The number of nitrogen functional groups attached to an aromatic ring is 1. The Morgan fingerprint density at radius 2 is 1.95 bits per heavy atom. The van der Waals surface area contributed by atoms with Crippen LogP contribution in [0.25, 0.3) is 22.8 Å². The first kappa shape index (κ1) is 13.6. The molecule has 0 atom stereocenters. The fraction of sp³-hybridized carbons (Fsp3) is 0.0667. The van der Waals surface area contributed by atoms with E-state index in [-0.39, 0.29) is 0 Å². The summed E-state index contributed by atoms with van der Waals surface area (Å²) >= 11 is 3.47. The van der Waals surface area contributed by atoms with Gasteiger partial charge in [0, 0.05) is 15.7 Å². The number of nitrogens with two attached hydrogens (primary N) is 1. The number of ether oxygens (including phenoxy) is 1. The van der Waals surface area contributed by atoms with E-state index in [1.807, 2.05) is 36.4 Å². The fourth-order valence-electron chi connectivity index (χ4n) is 1.94. The molecule has 0 fully saturated rings. The first-order valence-corrected chi connectivity index (χ1v) is 7.01. The van der Waals surface area contributed by atoms with Crippen molar-refractivity contribution in [3.05, 3.63) is 46.9 Å². The summed E-state index contributed by atoms with van der Waals surface area (Å²) in [5.74, 6) is 1.57. The minimum absolute atomic E-state index is 0.402. The SMILES string of the molecule is COc1ccc(Br)c(-c2nc(-c3ccccc3N)no2)c1. The number of hydrogen-bond acceptors (Lipinski definition) is 5. The first-order valence-electron chi connectivity index (χ1n) is 6.21. The molecule has 0 saturated carbocycles. The summed E-state index contributed by atoms with van der Waals surface area (Å²) < 4.78 is 11.4. The quantitative estimate of drug-likeness (QED) is 0.731. The van der Waals surface area contributed by atoms with E-state index in [9.17, 15) is 0 Å². The van der Waals surface area contributed by atoms with Crippen LogP contribution in [0.2, 0.25) is 0 Å². The Morgan fingerprint density at radius 1 is 1.14 bits per heavy atom. The number of hydrogen-bond donors (Lipinski definition) is 1. The summed E-state index contributed by atoms with van der Waals surface area (Å²) in [6, 6.07) is 12.9. The van der Waals surface area contributed by atoms with Crippen LogP contribution < -0.4 is 10.5 Å². The van der Waals surface area contributed by atoms with Crippen molar-refractivity contribution in [2.75, 3.05) is 12.8 Å².